The van der Waals surface area contributed by atoms with Gasteiger partial charge in [0, 0.05) is 11.1 Å². The number of esters is 1. The molecule has 29 heavy (non-hydrogen) atoms. The van der Waals surface area contributed by atoms with E-state index in [0.29, 0.717) is 15.8 Å². The van der Waals surface area contributed by atoms with E-state index in [1.54, 1.807) is 22.8 Å². The Bertz CT molecular complexity index is 1270. The molecule has 0 saturated carbocycles. The van der Waals surface area contributed by atoms with Crippen LogP contribution in [0.5, 0.6) is 0 Å². The van der Waals surface area contributed by atoms with Gasteiger partial charge in [-0.15, -0.1) is 6.42 Å². The van der Waals surface area contributed by atoms with Crippen LogP contribution in [-0.2, 0) is 11.3 Å². The summed E-state index contributed by atoms with van der Waals surface area (Å²) in [5, 5.41) is 11.4. The number of thiazole rings is 1. The molecule has 3 rings (SSSR count). The lowest BCUT2D eigenvalue weighted by Crippen LogP contribution is -2.17. The Labute approximate surface area is 173 Å². The van der Waals surface area contributed by atoms with Crippen LogP contribution in [0.1, 0.15) is 20.7 Å². The van der Waals surface area contributed by atoms with E-state index in [1.165, 1.54) is 19.2 Å². The first-order valence-electron chi connectivity index (χ1n) is 8.04. The number of nitrogens with zero attached hydrogens (tertiary/aromatic N) is 3. The van der Waals surface area contributed by atoms with E-state index >= 15 is 0 Å². The molecule has 0 bridgehead atoms. The van der Waals surface area contributed by atoms with E-state index in [-0.39, 0.29) is 21.9 Å². The van der Waals surface area contributed by atoms with Crippen LogP contribution in [0.25, 0.3) is 10.2 Å². The molecule has 1 heterocycles. The summed E-state index contributed by atoms with van der Waals surface area (Å²) >= 11 is 7.00. The molecule has 0 fully saturated rings. The van der Waals surface area contributed by atoms with Gasteiger partial charge in [0.1, 0.15) is 5.56 Å². The Morgan fingerprint density at radius 3 is 2.76 bits per heavy atom. The van der Waals surface area contributed by atoms with E-state index in [0.717, 1.165) is 17.4 Å². The molecule has 0 spiro atoms. The van der Waals surface area contributed by atoms with Crippen LogP contribution < -0.4 is 4.80 Å². The van der Waals surface area contributed by atoms with Gasteiger partial charge in [-0.1, -0.05) is 28.9 Å². The molecule has 0 aliphatic rings. The van der Waals surface area contributed by atoms with Gasteiger partial charge in [0.25, 0.3) is 11.6 Å². The van der Waals surface area contributed by atoms with Crippen LogP contribution >= 0.6 is 22.9 Å². The Morgan fingerprint density at radius 2 is 2.10 bits per heavy atom. The van der Waals surface area contributed by atoms with Gasteiger partial charge in [0.05, 0.1) is 34.4 Å². The Hall–Kier alpha value is -3.48. The van der Waals surface area contributed by atoms with Crippen molar-refractivity contribution < 1.29 is 19.2 Å². The Kier molecular flexibility index (Phi) is 5.77. The fourth-order valence-corrected chi connectivity index (χ4v) is 3.87. The van der Waals surface area contributed by atoms with Crippen molar-refractivity contribution in [1.29, 1.82) is 0 Å². The summed E-state index contributed by atoms with van der Waals surface area (Å²) in [6.45, 7) is 0.112. The molecule has 0 atom stereocenters. The summed E-state index contributed by atoms with van der Waals surface area (Å²) in [4.78, 5) is 39.3. The highest BCUT2D eigenvalue weighted by molar-refractivity contribution is 7.16. The van der Waals surface area contributed by atoms with Crippen LogP contribution in [0.4, 0.5) is 5.69 Å². The summed E-state index contributed by atoms with van der Waals surface area (Å²) in [6, 6.07) is 8.50. The quantitative estimate of drug-likeness (QED) is 0.273. The zero-order valence-corrected chi connectivity index (χ0v) is 16.5. The molecular weight excluding hydrogens is 418 g/mol. The third-order valence-corrected chi connectivity index (χ3v) is 5.21. The number of halogens is 1. The number of terminal acetylenes is 1. The van der Waals surface area contributed by atoms with E-state index in [1.807, 2.05) is 0 Å². The molecule has 10 heteroatoms. The summed E-state index contributed by atoms with van der Waals surface area (Å²) in [5.41, 5.74) is 0.355. The van der Waals surface area contributed by atoms with Gasteiger partial charge in [-0.25, -0.2) is 4.79 Å². The summed E-state index contributed by atoms with van der Waals surface area (Å²) in [6.07, 6.45) is 5.43. The SMILES string of the molecule is C#CCn1c(=NC(=O)c2cc(Cl)ccc2[N+](=O)[O-])sc2cc(C(=O)OC)ccc21. The predicted octanol–water partition coefficient (Wildman–Crippen LogP) is 3.43. The van der Waals surface area contributed by atoms with Crippen molar-refractivity contribution in [2.75, 3.05) is 7.11 Å². The number of aromatic nitrogens is 1. The maximum atomic E-state index is 12.7. The first-order valence-corrected chi connectivity index (χ1v) is 9.23. The molecule has 0 radical (unpaired) electrons. The molecule has 1 amide bonds. The highest BCUT2D eigenvalue weighted by atomic mass is 35.5. The number of nitro groups is 1. The van der Waals surface area contributed by atoms with Crippen molar-refractivity contribution in [1.82, 2.24) is 4.57 Å². The van der Waals surface area contributed by atoms with Crippen molar-refractivity contribution in [2.24, 2.45) is 4.99 Å². The first kappa shape index (κ1) is 20.3. The highest BCUT2D eigenvalue weighted by Gasteiger charge is 2.21. The minimum absolute atomic E-state index is 0.112. The number of methoxy groups -OCH3 is 1. The minimum atomic E-state index is -0.829. The van der Waals surface area contributed by atoms with Crippen LogP contribution in [0, 0.1) is 22.5 Å². The predicted molar refractivity (Wildman–Crippen MR) is 108 cm³/mol. The fourth-order valence-electron chi connectivity index (χ4n) is 2.63. The summed E-state index contributed by atoms with van der Waals surface area (Å²) in [5.74, 6) is 1.14. The largest absolute Gasteiger partial charge is 0.465 e. The zero-order valence-electron chi connectivity index (χ0n) is 14.9. The molecular formula is C19H12ClN3O5S. The monoisotopic (exact) mass is 429 g/mol. The zero-order chi connectivity index (χ0) is 21.1. The fraction of sp³-hybridized carbons (Fsp3) is 0.105. The molecule has 0 unspecified atom stereocenters. The summed E-state index contributed by atoms with van der Waals surface area (Å²) in [7, 11) is 1.27. The molecule has 0 aliphatic carbocycles. The molecule has 2 aromatic carbocycles. The van der Waals surface area contributed by atoms with Gasteiger partial charge in [0.15, 0.2) is 4.80 Å². The lowest BCUT2D eigenvalue weighted by molar-refractivity contribution is -0.385. The molecule has 0 aliphatic heterocycles. The second kappa shape index (κ2) is 8.26. The number of hydrogen-bond donors (Lipinski definition) is 0. The number of fused-ring (bicyclic) bond motifs is 1. The van der Waals surface area contributed by atoms with Gasteiger partial charge in [0.2, 0.25) is 0 Å². The number of rotatable bonds is 4. The minimum Gasteiger partial charge on any atom is -0.465 e. The van der Waals surface area contributed by atoms with Crippen molar-refractivity contribution in [3.8, 4) is 12.3 Å². The maximum absolute atomic E-state index is 12.7. The third kappa shape index (κ3) is 4.03. The lowest BCUT2D eigenvalue weighted by atomic mass is 10.2. The average Bonchev–Trinajstić information content (AvgIpc) is 3.03. The van der Waals surface area contributed by atoms with Gasteiger partial charge in [-0.3, -0.25) is 14.9 Å². The molecule has 146 valence electrons. The maximum Gasteiger partial charge on any atom is 0.337 e. The molecule has 1 aromatic heterocycles. The van der Waals surface area contributed by atoms with Crippen molar-refractivity contribution in [3.05, 3.63) is 67.5 Å². The number of ether oxygens (including phenoxy) is 1. The van der Waals surface area contributed by atoms with Gasteiger partial charge < -0.3 is 9.30 Å². The van der Waals surface area contributed by atoms with Crippen molar-refractivity contribution in [3.63, 3.8) is 0 Å². The van der Waals surface area contributed by atoms with Crippen LogP contribution in [0.2, 0.25) is 5.02 Å². The van der Waals surface area contributed by atoms with Crippen LogP contribution in [0.15, 0.2) is 41.4 Å². The van der Waals surface area contributed by atoms with E-state index in [4.69, 9.17) is 22.8 Å². The first-order chi connectivity index (χ1) is 13.8. The number of amides is 1. The van der Waals surface area contributed by atoms with Gasteiger partial charge >= 0.3 is 5.97 Å². The van der Waals surface area contributed by atoms with Crippen LogP contribution in [-0.4, -0.2) is 28.5 Å². The van der Waals surface area contributed by atoms with Crippen molar-refractivity contribution in [2.45, 2.75) is 6.54 Å². The summed E-state index contributed by atoms with van der Waals surface area (Å²) < 4.78 is 6.97. The number of carbonyl (C=O) groups excluding carboxylic acids is 2. The number of hydrogen-bond acceptors (Lipinski definition) is 6. The number of benzene rings is 2. The molecule has 0 N–H and O–H groups in total. The second-order valence-corrected chi connectivity index (χ2v) is 7.13. The lowest BCUT2D eigenvalue weighted by Gasteiger charge is -2.02. The average molecular weight is 430 g/mol. The smallest absolute Gasteiger partial charge is 0.337 e. The number of nitro benzene ring substituents is 1. The topological polar surface area (TPSA) is 104 Å². The van der Waals surface area contributed by atoms with Crippen molar-refractivity contribution >= 4 is 50.7 Å². The molecule has 0 saturated heterocycles. The van der Waals surface area contributed by atoms with E-state index in [2.05, 4.69) is 10.9 Å². The molecule has 3 aromatic rings. The molecule has 8 nitrogen and oxygen atoms in total. The van der Waals surface area contributed by atoms with E-state index in [9.17, 15) is 19.7 Å². The third-order valence-electron chi connectivity index (χ3n) is 3.94. The van der Waals surface area contributed by atoms with E-state index < -0.39 is 22.5 Å². The highest BCUT2D eigenvalue weighted by Crippen LogP contribution is 2.24. The number of carbonyl (C=O) groups is 2. The van der Waals surface area contributed by atoms with Gasteiger partial charge in [-0.2, -0.15) is 4.99 Å². The standard InChI is InChI=1S/C19H12ClN3O5S/c1-3-8-22-15-6-4-11(18(25)28-2)9-16(15)29-19(22)21-17(24)13-10-12(20)5-7-14(13)23(26)27/h1,4-7,9-10H,8H2,2H3. The normalized spacial score (nSPS) is 11.3. The Morgan fingerprint density at radius 1 is 1.34 bits per heavy atom. The Balaban J connectivity index is 2.19. The van der Waals surface area contributed by atoms with Gasteiger partial charge in [-0.05, 0) is 30.3 Å². The van der Waals surface area contributed by atoms with Crippen LogP contribution in [0.3, 0.4) is 0 Å². The second-order valence-electron chi connectivity index (χ2n) is 5.68.